The molecule has 0 fully saturated rings. The number of aliphatic hydroxyl groups is 1. The fraction of sp³-hybridized carbons (Fsp3) is 0.429. The standard InChI is InChI=1S/C14H19N3O2/c1-10-5-4-6-12(11(10)2)14-16-15-13(9-18)17(14)7-8-19-3/h4-6,18H,7-9H2,1-3H3. The van der Waals surface area contributed by atoms with E-state index in [1.54, 1.807) is 7.11 Å². The summed E-state index contributed by atoms with van der Waals surface area (Å²) in [6, 6.07) is 6.10. The Bertz CT molecular complexity index is 564. The van der Waals surface area contributed by atoms with Crippen LogP contribution in [-0.4, -0.2) is 33.6 Å². The summed E-state index contributed by atoms with van der Waals surface area (Å²) in [5.41, 5.74) is 3.44. The van der Waals surface area contributed by atoms with Crippen LogP contribution >= 0.6 is 0 Å². The first kappa shape index (κ1) is 13.7. The van der Waals surface area contributed by atoms with Crippen molar-refractivity contribution < 1.29 is 9.84 Å². The van der Waals surface area contributed by atoms with Crippen LogP contribution in [0.1, 0.15) is 17.0 Å². The van der Waals surface area contributed by atoms with Crippen LogP contribution in [0.4, 0.5) is 0 Å². The van der Waals surface area contributed by atoms with E-state index in [1.165, 1.54) is 11.1 Å². The van der Waals surface area contributed by atoms with Gasteiger partial charge in [0.15, 0.2) is 11.6 Å². The van der Waals surface area contributed by atoms with Crippen molar-refractivity contribution in [2.45, 2.75) is 27.0 Å². The molecule has 0 radical (unpaired) electrons. The number of rotatable bonds is 5. The predicted molar refractivity (Wildman–Crippen MR) is 72.7 cm³/mol. The van der Waals surface area contributed by atoms with Crippen LogP contribution in [-0.2, 0) is 17.9 Å². The van der Waals surface area contributed by atoms with Gasteiger partial charge >= 0.3 is 0 Å². The van der Waals surface area contributed by atoms with Gasteiger partial charge in [0.1, 0.15) is 6.61 Å². The van der Waals surface area contributed by atoms with Gasteiger partial charge < -0.3 is 14.4 Å². The summed E-state index contributed by atoms with van der Waals surface area (Å²) in [6.07, 6.45) is 0. The van der Waals surface area contributed by atoms with Crippen LogP contribution in [0.15, 0.2) is 18.2 Å². The average molecular weight is 261 g/mol. The number of nitrogens with zero attached hydrogens (tertiary/aromatic N) is 3. The highest BCUT2D eigenvalue weighted by atomic mass is 16.5. The van der Waals surface area contributed by atoms with Crippen molar-refractivity contribution in [2.24, 2.45) is 0 Å². The van der Waals surface area contributed by atoms with Gasteiger partial charge in [-0.25, -0.2) is 0 Å². The summed E-state index contributed by atoms with van der Waals surface area (Å²) in [7, 11) is 1.65. The maximum absolute atomic E-state index is 9.34. The van der Waals surface area contributed by atoms with Gasteiger partial charge in [0, 0.05) is 19.2 Å². The van der Waals surface area contributed by atoms with Crippen LogP contribution < -0.4 is 0 Å². The molecule has 0 spiro atoms. The highest BCUT2D eigenvalue weighted by Gasteiger charge is 2.15. The second-order valence-corrected chi connectivity index (χ2v) is 4.49. The number of hydrogen-bond donors (Lipinski definition) is 1. The highest BCUT2D eigenvalue weighted by Crippen LogP contribution is 2.24. The van der Waals surface area contributed by atoms with Gasteiger partial charge in [-0.15, -0.1) is 10.2 Å². The Morgan fingerprint density at radius 1 is 1.26 bits per heavy atom. The lowest BCUT2D eigenvalue weighted by Crippen LogP contribution is -2.10. The van der Waals surface area contributed by atoms with E-state index in [-0.39, 0.29) is 6.61 Å². The first-order valence-corrected chi connectivity index (χ1v) is 6.27. The quantitative estimate of drug-likeness (QED) is 0.890. The maximum atomic E-state index is 9.34. The van der Waals surface area contributed by atoms with E-state index in [4.69, 9.17) is 4.74 Å². The molecule has 19 heavy (non-hydrogen) atoms. The third-order valence-electron chi connectivity index (χ3n) is 3.33. The number of hydrogen-bond acceptors (Lipinski definition) is 4. The molecule has 0 saturated heterocycles. The molecule has 0 unspecified atom stereocenters. The molecule has 5 nitrogen and oxygen atoms in total. The first-order chi connectivity index (χ1) is 9.19. The summed E-state index contributed by atoms with van der Waals surface area (Å²) in [5, 5.41) is 17.6. The van der Waals surface area contributed by atoms with Crippen molar-refractivity contribution in [1.82, 2.24) is 14.8 Å². The zero-order valence-corrected chi connectivity index (χ0v) is 11.6. The largest absolute Gasteiger partial charge is 0.388 e. The molecule has 2 rings (SSSR count). The van der Waals surface area contributed by atoms with Gasteiger partial charge in [-0.05, 0) is 25.0 Å². The van der Waals surface area contributed by atoms with Crippen LogP contribution in [0, 0.1) is 13.8 Å². The minimum absolute atomic E-state index is 0.123. The molecule has 0 aliphatic heterocycles. The molecule has 2 aromatic rings. The zero-order valence-electron chi connectivity index (χ0n) is 11.6. The second kappa shape index (κ2) is 5.95. The molecule has 5 heteroatoms. The van der Waals surface area contributed by atoms with Gasteiger partial charge in [0.05, 0.1) is 6.61 Å². The Balaban J connectivity index is 2.49. The summed E-state index contributed by atoms with van der Waals surface area (Å²) in [6.45, 7) is 5.20. The Labute approximate surface area is 112 Å². The molecular formula is C14H19N3O2. The van der Waals surface area contributed by atoms with Gasteiger partial charge in [-0.1, -0.05) is 18.2 Å². The predicted octanol–water partition coefficient (Wildman–Crippen LogP) is 1.70. The summed E-state index contributed by atoms with van der Waals surface area (Å²) in [4.78, 5) is 0. The third-order valence-corrected chi connectivity index (χ3v) is 3.33. The average Bonchev–Trinajstić information content (AvgIpc) is 2.82. The van der Waals surface area contributed by atoms with Crippen LogP contribution in [0.25, 0.3) is 11.4 Å². The molecule has 0 aliphatic rings. The van der Waals surface area contributed by atoms with E-state index < -0.39 is 0 Å². The number of benzene rings is 1. The summed E-state index contributed by atoms with van der Waals surface area (Å²) >= 11 is 0. The van der Waals surface area contributed by atoms with Gasteiger partial charge in [0.2, 0.25) is 0 Å². The topological polar surface area (TPSA) is 60.2 Å². The van der Waals surface area contributed by atoms with Crippen molar-refractivity contribution in [2.75, 3.05) is 13.7 Å². The SMILES string of the molecule is COCCn1c(CO)nnc1-c1cccc(C)c1C. The van der Waals surface area contributed by atoms with Crippen molar-refractivity contribution in [3.63, 3.8) is 0 Å². The molecule has 0 amide bonds. The smallest absolute Gasteiger partial charge is 0.164 e. The Morgan fingerprint density at radius 2 is 2.05 bits per heavy atom. The summed E-state index contributed by atoms with van der Waals surface area (Å²) in [5.74, 6) is 1.34. The number of aliphatic hydroxyl groups excluding tert-OH is 1. The van der Waals surface area contributed by atoms with Crippen LogP contribution in [0.5, 0.6) is 0 Å². The fourth-order valence-corrected chi connectivity index (χ4v) is 2.06. The van der Waals surface area contributed by atoms with Crippen LogP contribution in [0.3, 0.4) is 0 Å². The van der Waals surface area contributed by atoms with E-state index in [2.05, 4.69) is 30.1 Å². The number of aromatic nitrogens is 3. The van der Waals surface area contributed by atoms with Gasteiger partial charge in [0.25, 0.3) is 0 Å². The minimum atomic E-state index is -0.123. The first-order valence-electron chi connectivity index (χ1n) is 6.27. The Hall–Kier alpha value is -1.72. The van der Waals surface area contributed by atoms with E-state index in [0.29, 0.717) is 19.0 Å². The molecule has 0 aliphatic carbocycles. The van der Waals surface area contributed by atoms with Crippen LogP contribution in [0.2, 0.25) is 0 Å². The van der Waals surface area contributed by atoms with Crippen molar-refractivity contribution in [3.8, 4) is 11.4 Å². The number of methoxy groups -OCH3 is 1. The van der Waals surface area contributed by atoms with Gasteiger partial charge in [-0.2, -0.15) is 0 Å². The summed E-state index contributed by atoms with van der Waals surface area (Å²) < 4.78 is 7.01. The highest BCUT2D eigenvalue weighted by molar-refractivity contribution is 5.62. The molecule has 1 N–H and O–H groups in total. The molecule has 1 aromatic heterocycles. The molecule has 102 valence electrons. The van der Waals surface area contributed by atoms with E-state index >= 15 is 0 Å². The lowest BCUT2D eigenvalue weighted by Gasteiger charge is -2.11. The van der Waals surface area contributed by atoms with Gasteiger partial charge in [-0.3, -0.25) is 0 Å². The molecule has 0 saturated carbocycles. The monoisotopic (exact) mass is 261 g/mol. The Morgan fingerprint density at radius 3 is 2.74 bits per heavy atom. The minimum Gasteiger partial charge on any atom is -0.388 e. The molecular weight excluding hydrogens is 242 g/mol. The normalized spacial score (nSPS) is 10.9. The fourth-order valence-electron chi connectivity index (χ4n) is 2.06. The lowest BCUT2D eigenvalue weighted by atomic mass is 10.0. The van der Waals surface area contributed by atoms with E-state index in [0.717, 1.165) is 11.4 Å². The number of ether oxygens (including phenoxy) is 1. The van der Waals surface area contributed by atoms with Crippen molar-refractivity contribution in [3.05, 3.63) is 35.2 Å². The number of aryl methyl sites for hydroxylation is 1. The zero-order chi connectivity index (χ0) is 13.8. The van der Waals surface area contributed by atoms with Crippen molar-refractivity contribution >= 4 is 0 Å². The van der Waals surface area contributed by atoms with E-state index in [1.807, 2.05) is 16.7 Å². The maximum Gasteiger partial charge on any atom is 0.164 e. The molecule has 0 bridgehead atoms. The molecule has 1 aromatic carbocycles. The third kappa shape index (κ3) is 2.67. The lowest BCUT2D eigenvalue weighted by molar-refractivity contribution is 0.183. The molecule has 0 atom stereocenters. The second-order valence-electron chi connectivity index (χ2n) is 4.49. The molecule has 1 heterocycles. The van der Waals surface area contributed by atoms with Crippen molar-refractivity contribution in [1.29, 1.82) is 0 Å². The van der Waals surface area contributed by atoms with E-state index in [9.17, 15) is 5.11 Å². The Kier molecular flexibility index (Phi) is 4.29.